The number of hydrogen-bond acceptors (Lipinski definition) is 3. The number of amides is 3. The molecule has 0 saturated carbocycles. The van der Waals surface area contributed by atoms with E-state index in [0.29, 0.717) is 24.2 Å². The van der Waals surface area contributed by atoms with Crippen LogP contribution in [0.25, 0.3) is 10.9 Å². The Kier molecular flexibility index (Phi) is 4.99. The molecule has 1 atom stereocenters. The number of carbonyl (C=O) groups is 3. The van der Waals surface area contributed by atoms with Crippen LogP contribution in [0.3, 0.4) is 0 Å². The van der Waals surface area contributed by atoms with Gasteiger partial charge in [-0.2, -0.15) is 0 Å². The van der Waals surface area contributed by atoms with Gasteiger partial charge in [-0.3, -0.25) is 14.4 Å². The normalized spacial score (nSPS) is 16.0. The number of H-pyrrole nitrogens is 1. The topological polar surface area (TPSA) is 103 Å². The van der Waals surface area contributed by atoms with Crippen LogP contribution in [0.4, 0.5) is 10.1 Å². The fourth-order valence-electron chi connectivity index (χ4n) is 3.41. The average Bonchev–Trinajstić information content (AvgIpc) is 3.04. The molecule has 4 N–H and O–H groups in total. The second-order valence-corrected chi connectivity index (χ2v) is 6.87. The van der Waals surface area contributed by atoms with E-state index in [-0.39, 0.29) is 18.1 Å². The number of nitrogens with one attached hydrogen (secondary N) is 4. The second kappa shape index (κ2) is 7.75. The Morgan fingerprint density at radius 3 is 2.83 bits per heavy atom. The van der Waals surface area contributed by atoms with E-state index in [1.165, 1.54) is 12.1 Å². The third-order valence-electron chi connectivity index (χ3n) is 4.89. The molecule has 3 amide bonds. The zero-order chi connectivity index (χ0) is 20.4. The van der Waals surface area contributed by atoms with Crippen LogP contribution in [0.5, 0.6) is 0 Å². The van der Waals surface area contributed by atoms with Crippen LogP contribution in [0.2, 0.25) is 0 Å². The molecule has 1 aliphatic heterocycles. The average molecular weight is 394 g/mol. The van der Waals surface area contributed by atoms with E-state index < -0.39 is 17.9 Å². The summed E-state index contributed by atoms with van der Waals surface area (Å²) in [4.78, 5) is 40.0. The standard InChI is InChI=1S/C21H19FN4O3/c22-13-5-6-16-15(9-13)12(11-24-16)7-8-23-19(27)10-18-21(29)25-17-4-2-1-3-14(17)20(28)26-18/h1-6,9,11,18,24H,7-8,10H2,(H,23,27)(H,25,29)(H,26,28). The van der Waals surface area contributed by atoms with Crippen LogP contribution in [0.15, 0.2) is 48.7 Å². The van der Waals surface area contributed by atoms with Crippen LogP contribution in [0, 0.1) is 5.82 Å². The van der Waals surface area contributed by atoms with E-state index in [0.717, 1.165) is 16.5 Å². The highest BCUT2D eigenvalue weighted by molar-refractivity contribution is 6.10. The smallest absolute Gasteiger partial charge is 0.254 e. The number of fused-ring (bicyclic) bond motifs is 2. The third-order valence-corrected chi connectivity index (χ3v) is 4.89. The maximum absolute atomic E-state index is 13.4. The van der Waals surface area contributed by atoms with Crippen LogP contribution in [-0.2, 0) is 16.0 Å². The molecule has 2 aromatic carbocycles. The number of halogens is 1. The molecular weight excluding hydrogens is 375 g/mol. The first-order valence-electron chi connectivity index (χ1n) is 9.24. The fourth-order valence-corrected chi connectivity index (χ4v) is 3.41. The lowest BCUT2D eigenvalue weighted by atomic mass is 10.1. The van der Waals surface area contributed by atoms with E-state index in [1.807, 2.05) is 0 Å². The third kappa shape index (κ3) is 3.96. The molecule has 0 fully saturated rings. The monoisotopic (exact) mass is 394 g/mol. The van der Waals surface area contributed by atoms with Crippen LogP contribution >= 0.6 is 0 Å². The van der Waals surface area contributed by atoms with Gasteiger partial charge in [-0.05, 0) is 42.3 Å². The molecule has 148 valence electrons. The number of rotatable bonds is 5. The fraction of sp³-hybridized carbons (Fsp3) is 0.190. The lowest BCUT2D eigenvalue weighted by molar-refractivity contribution is -0.125. The van der Waals surface area contributed by atoms with Gasteiger partial charge in [0.1, 0.15) is 11.9 Å². The highest BCUT2D eigenvalue weighted by Crippen LogP contribution is 2.20. The largest absolute Gasteiger partial charge is 0.361 e. The minimum Gasteiger partial charge on any atom is -0.361 e. The zero-order valence-electron chi connectivity index (χ0n) is 15.4. The Hall–Kier alpha value is -3.68. The van der Waals surface area contributed by atoms with E-state index >= 15 is 0 Å². The van der Waals surface area contributed by atoms with Crippen molar-refractivity contribution in [2.45, 2.75) is 18.9 Å². The van der Waals surface area contributed by atoms with Gasteiger partial charge in [0.25, 0.3) is 5.91 Å². The molecule has 1 aliphatic rings. The summed E-state index contributed by atoms with van der Waals surface area (Å²) in [5.41, 5.74) is 2.49. The van der Waals surface area contributed by atoms with Gasteiger partial charge in [-0.1, -0.05) is 12.1 Å². The van der Waals surface area contributed by atoms with Gasteiger partial charge in [0.05, 0.1) is 17.7 Å². The summed E-state index contributed by atoms with van der Waals surface area (Å²) in [5, 5.41) is 8.78. The molecule has 4 rings (SSSR count). The lowest BCUT2D eigenvalue weighted by Gasteiger charge is -2.14. The number of hydrogen-bond donors (Lipinski definition) is 4. The Labute approximate surface area is 165 Å². The van der Waals surface area contributed by atoms with Crippen molar-refractivity contribution in [2.24, 2.45) is 0 Å². The predicted molar refractivity (Wildman–Crippen MR) is 106 cm³/mol. The van der Waals surface area contributed by atoms with Gasteiger partial charge in [0, 0.05) is 23.6 Å². The Balaban J connectivity index is 1.34. The van der Waals surface area contributed by atoms with Gasteiger partial charge in [-0.15, -0.1) is 0 Å². The van der Waals surface area contributed by atoms with Gasteiger partial charge < -0.3 is 20.9 Å². The van der Waals surface area contributed by atoms with Crippen molar-refractivity contribution in [3.05, 3.63) is 65.6 Å². The minimum absolute atomic E-state index is 0.173. The summed E-state index contributed by atoms with van der Waals surface area (Å²) in [5.74, 6) is -1.52. The number of para-hydroxylation sites is 1. The van der Waals surface area contributed by atoms with Crippen molar-refractivity contribution >= 4 is 34.3 Å². The molecule has 0 saturated heterocycles. The molecule has 2 heterocycles. The zero-order valence-corrected chi connectivity index (χ0v) is 15.4. The van der Waals surface area contributed by atoms with Crippen molar-refractivity contribution < 1.29 is 18.8 Å². The van der Waals surface area contributed by atoms with Gasteiger partial charge >= 0.3 is 0 Å². The quantitative estimate of drug-likeness (QED) is 0.533. The first-order valence-corrected chi connectivity index (χ1v) is 9.24. The molecule has 0 bridgehead atoms. The molecular formula is C21H19FN4O3. The first-order chi connectivity index (χ1) is 14.0. The molecule has 0 aliphatic carbocycles. The summed E-state index contributed by atoms with van der Waals surface area (Å²) < 4.78 is 13.4. The molecule has 1 aromatic heterocycles. The summed E-state index contributed by atoms with van der Waals surface area (Å²) >= 11 is 0. The highest BCUT2D eigenvalue weighted by atomic mass is 19.1. The van der Waals surface area contributed by atoms with Gasteiger partial charge in [0.15, 0.2) is 0 Å². The summed E-state index contributed by atoms with van der Waals surface area (Å²) in [6, 6.07) is 10.2. The number of benzene rings is 2. The first kappa shape index (κ1) is 18.7. The number of carbonyl (C=O) groups excluding carboxylic acids is 3. The minimum atomic E-state index is -0.961. The van der Waals surface area contributed by atoms with Crippen molar-refractivity contribution in [2.75, 3.05) is 11.9 Å². The van der Waals surface area contributed by atoms with Gasteiger partial charge in [0.2, 0.25) is 11.8 Å². The van der Waals surface area contributed by atoms with E-state index in [1.54, 1.807) is 36.5 Å². The van der Waals surface area contributed by atoms with Crippen molar-refractivity contribution in [3.63, 3.8) is 0 Å². The predicted octanol–water partition coefficient (Wildman–Crippen LogP) is 2.11. The Morgan fingerprint density at radius 2 is 1.97 bits per heavy atom. The SMILES string of the molecule is O=C(CC1NC(=O)c2ccccc2NC1=O)NCCc1c[nH]c2ccc(F)cc12. The molecule has 1 unspecified atom stereocenters. The molecule has 29 heavy (non-hydrogen) atoms. The van der Waals surface area contributed by atoms with E-state index in [2.05, 4.69) is 20.9 Å². The maximum atomic E-state index is 13.4. The van der Waals surface area contributed by atoms with Crippen molar-refractivity contribution in [1.29, 1.82) is 0 Å². The van der Waals surface area contributed by atoms with Crippen LogP contribution < -0.4 is 16.0 Å². The molecule has 0 radical (unpaired) electrons. The lowest BCUT2D eigenvalue weighted by Crippen LogP contribution is -2.44. The molecule has 3 aromatic rings. The Bertz CT molecular complexity index is 1110. The van der Waals surface area contributed by atoms with Crippen LogP contribution in [-0.4, -0.2) is 35.3 Å². The summed E-state index contributed by atoms with van der Waals surface area (Å²) in [6.07, 6.45) is 2.12. The second-order valence-electron chi connectivity index (χ2n) is 6.87. The van der Waals surface area contributed by atoms with Crippen LogP contribution in [0.1, 0.15) is 22.3 Å². The molecule has 8 heteroatoms. The molecule has 7 nitrogen and oxygen atoms in total. The number of aromatic amines is 1. The van der Waals surface area contributed by atoms with Crippen molar-refractivity contribution in [1.82, 2.24) is 15.6 Å². The maximum Gasteiger partial charge on any atom is 0.254 e. The van der Waals surface area contributed by atoms with Gasteiger partial charge in [-0.25, -0.2) is 4.39 Å². The number of anilines is 1. The summed E-state index contributed by atoms with van der Waals surface area (Å²) in [6.45, 7) is 0.324. The number of aromatic nitrogens is 1. The summed E-state index contributed by atoms with van der Waals surface area (Å²) in [7, 11) is 0. The molecule has 0 spiro atoms. The Morgan fingerprint density at radius 1 is 1.14 bits per heavy atom. The highest BCUT2D eigenvalue weighted by Gasteiger charge is 2.29. The van der Waals surface area contributed by atoms with E-state index in [9.17, 15) is 18.8 Å². The van der Waals surface area contributed by atoms with E-state index in [4.69, 9.17) is 0 Å². The van der Waals surface area contributed by atoms with Crippen molar-refractivity contribution in [3.8, 4) is 0 Å².